The summed E-state index contributed by atoms with van der Waals surface area (Å²) in [4.78, 5) is 28.4. The van der Waals surface area contributed by atoms with E-state index >= 15 is 0 Å². The Morgan fingerprint density at radius 1 is 1.20 bits per heavy atom. The Bertz CT molecular complexity index is 1030. The van der Waals surface area contributed by atoms with Crippen molar-refractivity contribution in [1.82, 2.24) is 9.21 Å². The van der Waals surface area contributed by atoms with Crippen molar-refractivity contribution in [1.29, 1.82) is 0 Å². The van der Waals surface area contributed by atoms with Gasteiger partial charge in [-0.25, -0.2) is 8.42 Å². The van der Waals surface area contributed by atoms with Gasteiger partial charge < -0.3 is 15.0 Å². The third kappa shape index (κ3) is 5.07. The second kappa shape index (κ2) is 9.25. The average molecular weight is 452 g/mol. The van der Waals surface area contributed by atoms with E-state index in [9.17, 15) is 18.0 Å². The first kappa shape index (κ1) is 22.4. The predicted octanol–water partition coefficient (Wildman–Crippen LogP) is 2.03. The number of likely N-dealkylation sites (N-methyl/N-ethyl adjacent to an activating group) is 1. The highest BCUT2D eigenvalue weighted by Gasteiger charge is 2.28. The zero-order valence-corrected chi connectivity index (χ0v) is 18.8. The van der Waals surface area contributed by atoms with Gasteiger partial charge in [-0.1, -0.05) is 30.3 Å². The first-order valence-corrected chi connectivity index (χ1v) is 12.1. The molecule has 0 radical (unpaired) electrons. The van der Waals surface area contributed by atoms with Gasteiger partial charge >= 0.3 is 0 Å². The number of ether oxygens (including phenoxy) is 1. The molecule has 0 unspecified atom stereocenters. The molecule has 8 nitrogen and oxygen atoms in total. The van der Waals surface area contributed by atoms with Gasteiger partial charge in [0.05, 0.1) is 31.6 Å². The number of carbonyl (C=O) groups excluding carboxylic acids is 2. The van der Waals surface area contributed by atoms with Crippen LogP contribution in [0.25, 0.3) is 10.4 Å². The summed E-state index contributed by atoms with van der Waals surface area (Å²) in [5, 5.41) is 3.18. The fourth-order valence-electron chi connectivity index (χ4n) is 3.13. The van der Waals surface area contributed by atoms with Crippen molar-refractivity contribution in [2.24, 2.45) is 0 Å². The summed E-state index contributed by atoms with van der Waals surface area (Å²) in [5.74, 6) is -0.666. The van der Waals surface area contributed by atoms with Crippen LogP contribution < -0.4 is 5.32 Å². The van der Waals surface area contributed by atoms with E-state index in [4.69, 9.17) is 4.74 Å². The molecule has 1 fully saturated rings. The lowest BCUT2D eigenvalue weighted by atomic mass is 10.1. The monoisotopic (exact) mass is 451 g/mol. The largest absolute Gasteiger partial charge is 0.378 e. The highest BCUT2D eigenvalue weighted by Crippen LogP contribution is 2.40. The van der Waals surface area contributed by atoms with E-state index in [1.54, 1.807) is 4.90 Å². The molecule has 2 amide bonds. The number of carbonyl (C=O) groups is 2. The number of hydrogen-bond donors (Lipinski definition) is 1. The molecule has 1 N–H and O–H groups in total. The van der Waals surface area contributed by atoms with Crippen LogP contribution in [0.3, 0.4) is 0 Å². The van der Waals surface area contributed by atoms with E-state index in [0.29, 0.717) is 36.9 Å². The molecule has 2 aromatic rings. The lowest BCUT2D eigenvalue weighted by Gasteiger charge is -2.27. The SMILES string of the molecule is Cc1c(-c2ccccc2)sc(NC(=O)CN(C)S(C)(=O)=O)c1C(=O)N1CCOCC1. The van der Waals surface area contributed by atoms with Gasteiger partial charge in [-0.15, -0.1) is 11.3 Å². The van der Waals surface area contributed by atoms with Gasteiger partial charge in [0.2, 0.25) is 15.9 Å². The smallest absolute Gasteiger partial charge is 0.257 e. The van der Waals surface area contributed by atoms with Crippen LogP contribution >= 0.6 is 11.3 Å². The molecule has 1 aromatic carbocycles. The Labute approximate surface area is 180 Å². The molecule has 1 aromatic heterocycles. The Balaban J connectivity index is 1.95. The molecule has 162 valence electrons. The Morgan fingerprint density at radius 2 is 1.83 bits per heavy atom. The first-order chi connectivity index (χ1) is 14.2. The average Bonchev–Trinajstić information content (AvgIpc) is 3.03. The van der Waals surface area contributed by atoms with Crippen LogP contribution in [0, 0.1) is 6.92 Å². The number of nitrogens with zero attached hydrogens (tertiary/aromatic N) is 2. The molecule has 0 saturated carbocycles. The van der Waals surface area contributed by atoms with Crippen molar-refractivity contribution in [3.63, 3.8) is 0 Å². The number of morpholine rings is 1. The van der Waals surface area contributed by atoms with Crippen molar-refractivity contribution in [3.05, 3.63) is 41.5 Å². The number of nitrogens with one attached hydrogen (secondary N) is 1. The summed E-state index contributed by atoms with van der Waals surface area (Å²) in [6, 6.07) is 9.64. The minimum absolute atomic E-state index is 0.166. The second-order valence-corrected chi connectivity index (χ2v) is 10.2. The lowest BCUT2D eigenvalue weighted by Crippen LogP contribution is -2.41. The lowest BCUT2D eigenvalue weighted by molar-refractivity contribution is -0.116. The van der Waals surface area contributed by atoms with Crippen LogP contribution in [0.1, 0.15) is 15.9 Å². The zero-order valence-electron chi connectivity index (χ0n) is 17.2. The van der Waals surface area contributed by atoms with Gasteiger partial charge in [-0.3, -0.25) is 9.59 Å². The maximum atomic E-state index is 13.3. The third-order valence-electron chi connectivity index (χ3n) is 4.88. The number of hydrogen-bond acceptors (Lipinski definition) is 6. The molecule has 0 bridgehead atoms. The molecule has 0 atom stereocenters. The van der Waals surface area contributed by atoms with E-state index < -0.39 is 15.9 Å². The number of thiophene rings is 1. The van der Waals surface area contributed by atoms with Crippen molar-refractivity contribution in [2.45, 2.75) is 6.92 Å². The minimum Gasteiger partial charge on any atom is -0.378 e. The van der Waals surface area contributed by atoms with Gasteiger partial charge in [0, 0.05) is 25.0 Å². The maximum Gasteiger partial charge on any atom is 0.257 e. The van der Waals surface area contributed by atoms with E-state index in [-0.39, 0.29) is 12.5 Å². The minimum atomic E-state index is -3.49. The topological polar surface area (TPSA) is 96.0 Å². The zero-order chi connectivity index (χ0) is 21.9. The van der Waals surface area contributed by atoms with Crippen LogP contribution in [0.5, 0.6) is 0 Å². The van der Waals surface area contributed by atoms with Crippen LogP contribution in [0.4, 0.5) is 5.00 Å². The summed E-state index contributed by atoms with van der Waals surface area (Å²) in [5.41, 5.74) is 2.18. The fourth-order valence-corrected chi connectivity index (χ4v) is 4.71. The van der Waals surface area contributed by atoms with Crippen molar-refractivity contribution in [2.75, 3.05) is 51.5 Å². The Morgan fingerprint density at radius 3 is 2.43 bits per heavy atom. The number of anilines is 1. The van der Waals surface area contributed by atoms with Crippen LogP contribution in [-0.4, -0.2) is 75.6 Å². The molecule has 1 aliphatic heterocycles. The Kier molecular flexibility index (Phi) is 6.91. The van der Waals surface area contributed by atoms with E-state index in [1.165, 1.54) is 18.4 Å². The highest BCUT2D eigenvalue weighted by molar-refractivity contribution is 7.88. The van der Waals surface area contributed by atoms with Gasteiger partial charge in [0.25, 0.3) is 5.91 Å². The van der Waals surface area contributed by atoms with Gasteiger partial charge in [-0.05, 0) is 18.1 Å². The molecular weight excluding hydrogens is 426 g/mol. The quantitative estimate of drug-likeness (QED) is 0.725. The molecular formula is C20H25N3O5S2. The molecule has 2 heterocycles. The van der Waals surface area contributed by atoms with E-state index in [2.05, 4.69) is 5.32 Å². The van der Waals surface area contributed by atoms with Crippen molar-refractivity contribution < 1.29 is 22.7 Å². The first-order valence-electron chi connectivity index (χ1n) is 9.45. The van der Waals surface area contributed by atoms with E-state index in [0.717, 1.165) is 26.6 Å². The number of benzene rings is 1. The molecule has 0 spiro atoms. The third-order valence-corrected chi connectivity index (χ3v) is 7.40. The van der Waals surface area contributed by atoms with Gasteiger partial charge in [0.15, 0.2) is 0 Å². The van der Waals surface area contributed by atoms with Gasteiger partial charge in [0.1, 0.15) is 5.00 Å². The van der Waals surface area contributed by atoms with Crippen LogP contribution in [-0.2, 0) is 19.6 Å². The molecule has 30 heavy (non-hydrogen) atoms. The Hall–Kier alpha value is -2.27. The number of rotatable bonds is 6. The summed E-state index contributed by atoms with van der Waals surface area (Å²) in [7, 11) is -2.16. The van der Waals surface area contributed by atoms with E-state index in [1.807, 2.05) is 37.3 Å². The maximum absolute atomic E-state index is 13.3. The molecule has 1 saturated heterocycles. The molecule has 10 heteroatoms. The van der Waals surface area contributed by atoms with Crippen LogP contribution in [0.2, 0.25) is 0 Å². The summed E-state index contributed by atoms with van der Waals surface area (Å²) in [6.45, 7) is 3.45. The number of sulfonamides is 1. The van der Waals surface area contributed by atoms with Crippen molar-refractivity contribution in [3.8, 4) is 10.4 Å². The predicted molar refractivity (Wildman–Crippen MR) is 117 cm³/mol. The fraction of sp³-hybridized carbons (Fsp3) is 0.400. The highest BCUT2D eigenvalue weighted by atomic mass is 32.2. The second-order valence-electron chi connectivity index (χ2n) is 7.10. The molecule has 1 aliphatic rings. The molecule has 0 aliphatic carbocycles. The van der Waals surface area contributed by atoms with Crippen LogP contribution in [0.15, 0.2) is 30.3 Å². The van der Waals surface area contributed by atoms with Crippen molar-refractivity contribution >= 4 is 38.2 Å². The summed E-state index contributed by atoms with van der Waals surface area (Å²) in [6.07, 6.45) is 1.04. The summed E-state index contributed by atoms with van der Waals surface area (Å²) < 4.78 is 29.5. The number of amides is 2. The molecule has 3 rings (SSSR count). The normalized spacial score (nSPS) is 14.7. The summed E-state index contributed by atoms with van der Waals surface area (Å²) >= 11 is 1.32. The standard InChI is InChI=1S/C20H25N3O5S2/c1-14-17(20(25)23-9-11-28-12-10-23)19(21-16(24)13-22(2)30(3,26)27)29-18(14)15-7-5-4-6-8-15/h4-8H,9-13H2,1-3H3,(H,21,24). The van der Waals surface area contributed by atoms with Gasteiger partial charge in [-0.2, -0.15) is 4.31 Å².